The lowest BCUT2D eigenvalue weighted by atomic mass is 9.75. The highest BCUT2D eigenvalue weighted by Crippen LogP contribution is 2.61. The molecule has 2 atom stereocenters. The summed E-state index contributed by atoms with van der Waals surface area (Å²) in [5.41, 5.74) is -1.84. The monoisotopic (exact) mass is 706 g/mol. The van der Waals surface area contributed by atoms with Crippen LogP contribution >= 0.6 is 92.8 Å². The van der Waals surface area contributed by atoms with Crippen LogP contribution in [-0.4, -0.2) is 27.7 Å². The summed E-state index contributed by atoms with van der Waals surface area (Å²) in [5, 5.41) is 10.8. The van der Waals surface area contributed by atoms with Crippen LogP contribution in [0.25, 0.3) is 16.5 Å². The first-order chi connectivity index (χ1) is 19.2. The maximum atomic E-state index is 13.7. The molecule has 1 N–H and O–H groups in total. The van der Waals surface area contributed by atoms with Crippen LogP contribution in [0, 0.1) is 11.3 Å². The quantitative estimate of drug-likeness (QED) is 0.163. The number of benzene rings is 2. The van der Waals surface area contributed by atoms with Gasteiger partial charge in [0.15, 0.2) is 5.78 Å². The number of para-hydroxylation sites is 1. The molecular weight excluding hydrogens is 700 g/mol. The molecule has 41 heavy (non-hydrogen) atoms. The molecule has 1 aromatic heterocycles. The molecule has 208 valence electrons. The smallest absolute Gasteiger partial charge is 0.267 e. The van der Waals surface area contributed by atoms with Gasteiger partial charge in [0.2, 0.25) is 0 Å². The number of aliphatic hydroxyl groups is 1. The number of fused-ring (bicyclic) bond motifs is 3. The van der Waals surface area contributed by atoms with Crippen molar-refractivity contribution in [3.05, 3.63) is 93.1 Å². The molecule has 2 amide bonds. The first-order valence-electron chi connectivity index (χ1n) is 11.5. The van der Waals surface area contributed by atoms with E-state index in [0.29, 0.717) is 5.39 Å². The number of anilines is 1. The summed E-state index contributed by atoms with van der Waals surface area (Å²) in [6, 6.07) is 7.89. The van der Waals surface area contributed by atoms with Gasteiger partial charge in [0.1, 0.15) is 5.76 Å². The number of aromatic nitrogens is 1. The van der Waals surface area contributed by atoms with Crippen molar-refractivity contribution in [3.8, 4) is 0 Å². The van der Waals surface area contributed by atoms with Crippen LogP contribution in [0.15, 0.2) is 56.2 Å². The highest BCUT2D eigenvalue weighted by molar-refractivity contribution is 6.57. The molecule has 0 saturated carbocycles. The third kappa shape index (κ3) is 3.72. The minimum absolute atomic E-state index is 0.0306. The molecule has 14 heteroatoms. The van der Waals surface area contributed by atoms with Gasteiger partial charge < -0.3 is 5.11 Å². The van der Waals surface area contributed by atoms with Gasteiger partial charge >= 0.3 is 0 Å². The number of carbonyl (C=O) groups is 3. The number of Topliss-reactive ketones (excluding diaryl/α,β-unsaturated/α-hetero) is 1. The number of imide groups is 1. The van der Waals surface area contributed by atoms with E-state index in [1.165, 1.54) is 19.1 Å². The van der Waals surface area contributed by atoms with Gasteiger partial charge in [0.25, 0.3) is 11.8 Å². The Balaban J connectivity index is 1.55. The van der Waals surface area contributed by atoms with E-state index in [1.54, 1.807) is 18.2 Å². The van der Waals surface area contributed by atoms with E-state index in [-0.39, 0.29) is 73.8 Å². The van der Waals surface area contributed by atoms with Crippen LogP contribution < -0.4 is 4.90 Å². The molecule has 1 aliphatic heterocycles. The molecule has 3 aliphatic rings. The average molecular weight is 710 g/mol. The molecular formula is C27H10Cl8N2O4. The minimum Gasteiger partial charge on any atom is -0.510 e. The van der Waals surface area contributed by atoms with E-state index >= 15 is 0 Å². The summed E-state index contributed by atoms with van der Waals surface area (Å²) >= 11 is 50.3. The summed E-state index contributed by atoms with van der Waals surface area (Å²) in [5.74, 6) is -3.75. The Morgan fingerprint density at radius 1 is 0.805 bits per heavy atom. The zero-order valence-electron chi connectivity index (χ0n) is 20.1. The number of allylic oxidation sites excluding steroid dienone is 5. The van der Waals surface area contributed by atoms with Gasteiger partial charge in [0.05, 0.1) is 85.2 Å². The first kappa shape index (κ1) is 29.1. The summed E-state index contributed by atoms with van der Waals surface area (Å²) in [7, 11) is 0. The second kappa shape index (κ2) is 9.76. The van der Waals surface area contributed by atoms with Crippen molar-refractivity contribution in [2.24, 2.45) is 11.3 Å². The molecule has 0 spiro atoms. The van der Waals surface area contributed by atoms with Crippen molar-refractivity contribution < 1.29 is 19.5 Å². The molecule has 0 saturated heterocycles. The Bertz CT molecular complexity index is 1880. The number of hydrogen-bond acceptors (Lipinski definition) is 5. The minimum atomic E-state index is -1.49. The average Bonchev–Trinajstić information content (AvgIpc) is 3.33. The summed E-state index contributed by atoms with van der Waals surface area (Å²) < 4.78 is 0. The van der Waals surface area contributed by atoms with E-state index in [9.17, 15) is 19.5 Å². The van der Waals surface area contributed by atoms with Gasteiger partial charge in [-0.25, -0.2) is 9.88 Å². The Morgan fingerprint density at radius 2 is 1.39 bits per heavy atom. The largest absolute Gasteiger partial charge is 0.510 e. The Kier molecular flexibility index (Phi) is 6.93. The predicted molar refractivity (Wildman–Crippen MR) is 163 cm³/mol. The summed E-state index contributed by atoms with van der Waals surface area (Å²) in [6.07, 6.45) is 0. The SMILES string of the molecule is CC12C(O)=C(c3ccc4cccc(N5C(=O)c6c(Cl)c(Cl)c(Cl)c(Cl)c6C5=O)c4n3)C(=O)C1C(Cl)=C(Cl)C(Cl)=C2Cl. The zero-order chi connectivity index (χ0) is 29.9. The summed E-state index contributed by atoms with van der Waals surface area (Å²) in [6.45, 7) is 1.52. The number of amides is 2. The molecule has 2 heterocycles. The summed E-state index contributed by atoms with van der Waals surface area (Å²) in [4.78, 5) is 46.2. The lowest BCUT2D eigenvalue weighted by molar-refractivity contribution is -0.117. The van der Waals surface area contributed by atoms with Crippen LogP contribution in [0.3, 0.4) is 0 Å². The molecule has 0 bridgehead atoms. The van der Waals surface area contributed by atoms with Gasteiger partial charge in [-0.05, 0) is 19.1 Å². The van der Waals surface area contributed by atoms with E-state index in [4.69, 9.17) is 92.8 Å². The van der Waals surface area contributed by atoms with Crippen molar-refractivity contribution in [2.75, 3.05) is 4.90 Å². The van der Waals surface area contributed by atoms with Crippen molar-refractivity contribution in [1.29, 1.82) is 0 Å². The fourth-order valence-electron chi connectivity index (χ4n) is 5.34. The van der Waals surface area contributed by atoms with Crippen LogP contribution in [0.4, 0.5) is 5.69 Å². The number of halogens is 8. The molecule has 2 aliphatic carbocycles. The maximum Gasteiger partial charge on any atom is 0.267 e. The Hall–Kier alpha value is -2.00. The van der Waals surface area contributed by atoms with Gasteiger partial charge in [-0.15, -0.1) is 0 Å². The van der Waals surface area contributed by atoms with E-state index in [2.05, 4.69) is 4.98 Å². The maximum absolute atomic E-state index is 13.7. The number of hydrogen-bond donors (Lipinski definition) is 1. The van der Waals surface area contributed by atoms with E-state index in [0.717, 1.165) is 4.90 Å². The molecule has 0 fully saturated rings. The lowest BCUT2D eigenvalue weighted by Gasteiger charge is -2.34. The van der Waals surface area contributed by atoms with Crippen LogP contribution in [0.1, 0.15) is 33.3 Å². The Labute approximate surface area is 271 Å². The van der Waals surface area contributed by atoms with Crippen molar-refractivity contribution in [3.63, 3.8) is 0 Å². The third-order valence-electron chi connectivity index (χ3n) is 7.42. The zero-order valence-corrected chi connectivity index (χ0v) is 26.1. The number of carbonyl (C=O) groups excluding carboxylic acids is 3. The third-order valence-corrected chi connectivity index (χ3v) is 11.3. The van der Waals surface area contributed by atoms with Gasteiger partial charge in [-0.3, -0.25) is 14.4 Å². The number of rotatable bonds is 2. The molecule has 0 radical (unpaired) electrons. The Morgan fingerprint density at radius 3 is 1.98 bits per heavy atom. The van der Waals surface area contributed by atoms with Gasteiger partial charge in [-0.1, -0.05) is 111 Å². The van der Waals surface area contributed by atoms with Crippen LogP contribution in [-0.2, 0) is 4.79 Å². The molecule has 2 unspecified atom stereocenters. The van der Waals surface area contributed by atoms with Crippen molar-refractivity contribution in [1.82, 2.24) is 4.98 Å². The lowest BCUT2D eigenvalue weighted by Crippen LogP contribution is -2.33. The van der Waals surface area contributed by atoms with Crippen molar-refractivity contribution in [2.45, 2.75) is 6.92 Å². The highest BCUT2D eigenvalue weighted by atomic mass is 35.5. The normalized spacial score (nSPS) is 22.5. The highest BCUT2D eigenvalue weighted by Gasteiger charge is 2.58. The molecule has 6 nitrogen and oxygen atoms in total. The second-order valence-electron chi connectivity index (χ2n) is 9.51. The first-order valence-corrected chi connectivity index (χ1v) is 14.5. The van der Waals surface area contributed by atoms with E-state index in [1.807, 2.05) is 0 Å². The number of ketones is 1. The van der Waals surface area contributed by atoms with E-state index < -0.39 is 34.7 Å². The van der Waals surface area contributed by atoms with Crippen LogP contribution in [0.2, 0.25) is 20.1 Å². The van der Waals surface area contributed by atoms with Crippen molar-refractivity contribution >= 4 is 133 Å². The fourth-order valence-corrected chi connectivity index (χ4v) is 7.66. The van der Waals surface area contributed by atoms with Gasteiger partial charge in [-0.2, -0.15) is 0 Å². The number of aliphatic hydroxyl groups excluding tert-OH is 1. The molecule has 3 aromatic rings. The molecule has 6 rings (SSSR count). The molecule has 2 aromatic carbocycles. The van der Waals surface area contributed by atoms with Crippen LogP contribution in [0.5, 0.6) is 0 Å². The fraction of sp³-hybridized carbons (Fsp3) is 0.111. The predicted octanol–water partition coefficient (Wildman–Crippen LogP) is 9.52. The number of nitrogens with zero attached hydrogens (tertiary/aromatic N) is 2. The van der Waals surface area contributed by atoms with Gasteiger partial charge in [0, 0.05) is 5.39 Å². The number of pyridine rings is 1. The standard InChI is InChI=1S/C27H10Cl8N2O4/c1-27-13(16(30)19(33)20(34)23(27)35)22(38)10(24(27)39)8-6-5-7-3-2-4-9(21(7)36-8)37-25(40)11-12(26(37)41)15(29)18(32)17(31)14(11)28/h2-6,13,39H,1H3. The topological polar surface area (TPSA) is 87.6 Å². The second-order valence-corrected chi connectivity index (χ2v) is 12.6.